The number of hydrogen-bond donors (Lipinski definition) is 1. The van der Waals surface area contributed by atoms with Gasteiger partial charge in [0, 0.05) is 11.6 Å². The maximum atomic E-state index is 11.4. The van der Waals surface area contributed by atoms with Gasteiger partial charge < -0.3 is 19.3 Å². The Morgan fingerprint density at radius 1 is 1.36 bits per heavy atom. The first-order valence-electron chi connectivity index (χ1n) is 7.07. The van der Waals surface area contributed by atoms with Crippen molar-refractivity contribution in [2.24, 2.45) is 0 Å². The van der Waals surface area contributed by atoms with Crippen LogP contribution in [0.2, 0.25) is 0 Å². The first-order valence-corrected chi connectivity index (χ1v) is 7.07. The summed E-state index contributed by atoms with van der Waals surface area (Å²) in [7, 11) is 0. The van der Waals surface area contributed by atoms with E-state index >= 15 is 0 Å². The molecular weight excluding hydrogens is 288 g/mol. The van der Waals surface area contributed by atoms with E-state index in [1.807, 2.05) is 0 Å². The van der Waals surface area contributed by atoms with Crippen LogP contribution in [0.1, 0.15) is 41.1 Å². The zero-order valence-electron chi connectivity index (χ0n) is 12.3. The Morgan fingerprint density at radius 2 is 2.09 bits per heavy atom. The predicted octanol–water partition coefficient (Wildman–Crippen LogP) is 2.40. The second-order valence-electron chi connectivity index (χ2n) is 4.66. The Hall–Kier alpha value is -2.18. The number of benzene rings is 1. The Kier molecular flexibility index (Phi) is 5.68. The van der Waals surface area contributed by atoms with E-state index < -0.39 is 18.2 Å². The molecule has 0 aromatic heterocycles. The van der Waals surface area contributed by atoms with Gasteiger partial charge in [-0.1, -0.05) is 6.07 Å². The minimum absolute atomic E-state index is 0.140. The van der Waals surface area contributed by atoms with Gasteiger partial charge in [0.05, 0.1) is 25.4 Å². The Bertz CT molecular complexity index is 572. The lowest BCUT2D eigenvalue weighted by Crippen LogP contribution is -2.19. The van der Waals surface area contributed by atoms with E-state index in [1.54, 1.807) is 19.1 Å². The molecule has 6 heteroatoms. The SMILES string of the molecule is CCOC(=O)C=Cc1ccc(C(=O)O)cc1C1OCCCO1. The van der Waals surface area contributed by atoms with Gasteiger partial charge in [-0.25, -0.2) is 9.59 Å². The quantitative estimate of drug-likeness (QED) is 0.664. The van der Waals surface area contributed by atoms with Crippen LogP contribution in [0.3, 0.4) is 0 Å². The predicted molar refractivity (Wildman–Crippen MR) is 78.3 cm³/mol. The Labute approximate surface area is 128 Å². The molecule has 0 atom stereocenters. The van der Waals surface area contributed by atoms with E-state index in [0.717, 1.165) is 6.42 Å². The molecule has 1 aromatic rings. The van der Waals surface area contributed by atoms with Crippen molar-refractivity contribution in [3.8, 4) is 0 Å². The highest BCUT2D eigenvalue weighted by Crippen LogP contribution is 2.28. The van der Waals surface area contributed by atoms with Gasteiger partial charge in [0.25, 0.3) is 0 Å². The molecule has 22 heavy (non-hydrogen) atoms. The van der Waals surface area contributed by atoms with Crippen LogP contribution >= 0.6 is 0 Å². The molecule has 1 aromatic carbocycles. The zero-order valence-corrected chi connectivity index (χ0v) is 12.3. The minimum Gasteiger partial charge on any atom is -0.478 e. The van der Waals surface area contributed by atoms with Crippen LogP contribution in [0.5, 0.6) is 0 Å². The van der Waals surface area contributed by atoms with Crippen molar-refractivity contribution in [2.45, 2.75) is 19.6 Å². The molecule has 2 rings (SSSR count). The monoisotopic (exact) mass is 306 g/mol. The molecule has 0 aliphatic carbocycles. The highest BCUT2D eigenvalue weighted by Gasteiger charge is 2.20. The molecule has 1 fully saturated rings. The van der Waals surface area contributed by atoms with Gasteiger partial charge >= 0.3 is 11.9 Å². The van der Waals surface area contributed by atoms with Crippen LogP contribution in [-0.4, -0.2) is 36.9 Å². The fourth-order valence-electron chi connectivity index (χ4n) is 2.08. The molecule has 1 aliphatic heterocycles. The van der Waals surface area contributed by atoms with Crippen molar-refractivity contribution in [1.29, 1.82) is 0 Å². The molecule has 0 amide bonds. The molecule has 0 radical (unpaired) electrons. The number of hydrogen-bond acceptors (Lipinski definition) is 5. The van der Waals surface area contributed by atoms with Crippen LogP contribution in [0.4, 0.5) is 0 Å². The van der Waals surface area contributed by atoms with Gasteiger partial charge in [0.15, 0.2) is 6.29 Å². The molecule has 118 valence electrons. The number of carboxylic acids is 1. The largest absolute Gasteiger partial charge is 0.478 e. The molecule has 1 saturated heterocycles. The van der Waals surface area contributed by atoms with Gasteiger partial charge in [-0.15, -0.1) is 0 Å². The van der Waals surface area contributed by atoms with Crippen LogP contribution in [0, 0.1) is 0 Å². The molecular formula is C16H18O6. The third-order valence-corrected chi connectivity index (χ3v) is 3.10. The molecule has 1 aliphatic rings. The average molecular weight is 306 g/mol. The summed E-state index contributed by atoms with van der Waals surface area (Å²) in [6.07, 6.45) is 3.03. The number of carboxylic acid groups (broad SMARTS) is 1. The minimum atomic E-state index is -1.03. The van der Waals surface area contributed by atoms with Crippen molar-refractivity contribution in [2.75, 3.05) is 19.8 Å². The number of rotatable bonds is 5. The van der Waals surface area contributed by atoms with Gasteiger partial charge in [-0.3, -0.25) is 0 Å². The number of carbonyl (C=O) groups excluding carboxylic acids is 1. The number of esters is 1. The summed E-state index contributed by atoms with van der Waals surface area (Å²) in [5.41, 5.74) is 1.38. The van der Waals surface area contributed by atoms with Crippen LogP contribution in [0.15, 0.2) is 24.3 Å². The Balaban J connectivity index is 2.30. The van der Waals surface area contributed by atoms with Crippen molar-refractivity contribution in [3.05, 3.63) is 41.0 Å². The summed E-state index contributed by atoms with van der Waals surface area (Å²) in [6, 6.07) is 4.60. The van der Waals surface area contributed by atoms with Crippen LogP contribution in [0.25, 0.3) is 6.08 Å². The molecule has 1 N–H and O–H groups in total. The van der Waals surface area contributed by atoms with Gasteiger partial charge in [0.1, 0.15) is 0 Å². The Morgan fingerprint density at radius 3 is 2.73 bits per heavy atom. The lowest BCUT2D eigenvalue weighted by Gasteiger charge is -2.25. The lowest BCUT2D eigenvalue weighted by molar-refractivity contribution is -0.183. The zero-order chi connectivity index (χ0) is 15.9. The second-order valence-corrected chi connectivity index (χ2v) is 4.66. The third-order valence-electron chi connectivity index (χ3n) is 3.10. The topological polar surface area (TPSA) is 82.1 Å². The first-order chi connectivity index (χ1) is 10.6. The van der Waals surface area contributed by atoms with Crippen molar-refractivity contribution >= 4 is 18.0 Å². The number of aromatic carboxylic acids is 1. The first kappa shape index (κ1) is 16.2. The summed E-state index contributed by atoms with van der Waals surface area (Å²) < 4.78 is 15.9. The fourth-order valence-corrected chi connectivity index (χ4v) is 2.08. The molecule has 0 unspecified atom stereocenters. The summed E-state index contributed by atoms with van der Waals surface area (Å²) in [5, 5.41) is 9.11. The van der Waals surface area contributed by atoms with Gasteiger partial charge in [-0.05, 0) is 37.1 Å². The third kappa shape index (κ3) is 4.16. The van der Waals surface area contributed by atoms with Crippen LogP contribution in [-0.2, 0) is 19.0 Å². The van der Waals surface area contributed by atoms with E-state index in [1.165, 1.54) is 18.2 Å². The highest BCUT2D eigenvalue weighted by molar-refractivity contribution is 5.90. The van der Waals surface area contributed by atoms with Gasteiger partial charge in [-0.2, -0.15) is 0 Å². The summed E-state index contributed by atoms with van der Waals surface area (Å²) in [6.45, 7) is 3.11. The maximum Gasteiger partial charge on any atom is 0.335 e. The number of ether oxygens (including phenoxy) is 3. The summed E-state index contributed by atoms with van der Waals surface area (Å²) in [5.74, 6) is -1.49. The van der Waals surface area contributed by atoms with Crippen molar-refractivity contribution < 1.29 is 28.9 Å². The van der Waals surface area contributed by atoms with E-state index in [-0.39, 0.29) is 5.56 Å². The highest BCUT2D eigenvalue weighted by atomic mass is 16.7. The fraction of sp³-hybridized carbons (Fsp3) is 0.375. The van der Waals surface area contributed by atoms with Crippen LogP contribution < -0.4 is 0 Å². The van der Waals surface area contributed by atoms with E-state index in [2.05, 4.69) is 0 Å². The second kappa shape index (κ2) is 7.72. The van der Waals surface area contributed by atoms with E-state index in [9.17, 15) is 9.59 Å². The summed E-state index contributed by atoms with van der Waals surface area (Å²) >= 11 is 0. The average Bonchev–Trinajstić information content (AvgIpc) is 2.54. The van der Waals surface area contributed by atoms with Gasteiger partial charge in [0.2, 0.25) is 0 Å². The normalized spacial score (nSPS) is 15.9. The molecule has 6 nitrogen and oxygen atoms in total. The molecule has 0 bridgehead atoms. The molecule has 1 heterocycles. The maximum absolute atomic E-state index is 11.4. The lowest BCUT2D eigenvalue weighted by atomic mass is 10.0. The number of carbonyl (C=O) groups is 2. The molecule has 0 saturated carbocycles. The van der Waals surface area contributed by atoms with E-state index in [4.69, 9.17) is 19.3 Å². The van der Waals surface area contributed by atoms with E-state index in [0.29, 0.717) is 30.9 Å². The molecule has 0 spiro atoms. The summed E-state index contributed by atoms with van der Waals surface area (Å²) in [4.78, 5) is 22.5. The standard InChI is InChI=1S/C16H18O6/c1-2-20-14(17)7-6-11-4-5-12(15(18)19)10-13(11)16-21-8-3-9-22-16/h4-7,10,16H,2-3,8-9H2,1H3,(H,18,19). The smallest absolute Gasteiger partial charge is 0.335 e. The van der Waals surface area contributed by atoms with Crippen molar-refractivity contribution in [3.63, 3.8) is 0 Å². The van der Waals surface area contributed by atoms with Crippen molar-refractivity contribution in [1.82, 2.24) is 0 Å².